The molecule has 2 nitrogen and oxygen atoms in total. The maximum absolute atomic E-state index is 12.0. The highest BCUT2D eigenvalue weighted by atomic mass is 79.9. The number of carbonyl (C=O) groups excluding carboxylic acids is 1. The fourth-order valence-corrected chi connectivity index (χ4v) is 8.99. The summed E-state index contributed by atoms with van der Waals surface area (Å²) in [5, 5.41) is 0. The lowest BCUT2D eigenvalue weighted by Gasteiger charge is -2.42. The van der Waals surface area contributed by atoms with Crippen LogP contribution in [-0.4, -0.2) is 18.9 Å². The van der Waals surface area contributed by atoms with Gasteiger partial charge in [0.1, 0.15) is 5.75 Å². The van der Waals surface area contributed by atoms with E-state index in [0.717, 1.165) is 11.3 Å². The van der Waals surface area contributed by atoms with E-state index in [9.17, 15) is 4.79 Å². The molecule has 0 aliphatic carbocycles. The molecule has 0 fully saturated rings. The van der Waals surface area contributed by atoms with E-state index < -0.39 is 8.32 Å². The van der Waals surface area contributed by atoms with Gasteiger partial charge in [-0.3, -0.25) is 4.79 Å². The Bertz CT molecular complexity index is 471. The first-order valence-corrected chi connectivity index (χ1v) is 11.2. The third kappa shape index (κ3) is 4.02. The number of halogens is 1. The van der Waals surface area contributed by atoms with Crippen LogP contribution in [0.2, 0.25) is 16.6 Å². The van der Waals surface area contributed by atoms with Crippen LogP contribution in [-0.2, 0) is 0 Å². The van der Waals surface area contributed by atoms with Gasteiger partial charge in [-0.25, -0.2) is 0 Å². The largest absolute Gasteiger partial charge is 0.543 e. The Hall–Kier alpha value is -0.613. The van der Waals surface area contributed by atoms with Crippen LogP contribution >= 0.6 is 15.9 Å². The summed E-state index contributed by atoms with van der Waals surface area (Å²) < 4.78 is 6.60. The molecule has 0 amide bonds. The van der Waals surface area contributed by atoms with Crippen LogP contribution in [0.4, 0.5) is 0 Å². The third-order valence-electron chi connectivity index (χ3n) is 4.50. The van der Waals surface area contributed by atoms with Crippen molar-refractivity contribution in [2.45, 2.75) is 69.9 Å². The van der Waals surface area contributed by atoms with Gasteiger partial charge in [0.15, 0.2) is 5.78 Å². The second-order valence-corrected chi connectivity index (χ2v) is 13.7. The first-order chi connectivity index (χ1) is 10.1. The van der Waals surface area contributed by atoms with Gasteiger partial charge in [-0.15, -0.1) is 0 Å². The number of rotatable bonds is 7. The monoisotopic (exact) mass is 384 g/mol. The molecule has 1 rings (SSSR count). The highest BCUT2D eigenvalue weighted by Crippen LogP contribution is 2.42. The first kappa shape index (κ1) is 19.4. The molecule has 0 heterocycles. The zero-order valence-electron chi connectivity index (χ0n) is 14.8. The summed E-state index contributed by atoms with van der Waals surface area (Å²) in [6.07, 6.45) is 0. The Kier molecular flexibility index (Phi) is 6.87. The summed E-state index contributed by atoms with van der Waals surface area (Å²) in [4.78, 5) is 11.8. The van der Waals surface area contributed by atoms with Crippen molar-refractivity contribution < 1.29 is 9.22 Å². The molecule has 0 aromatic heterocycles. The molecule has 22 heavy (non-hydrogen) atoms. The summed E-state index contributed by atoms with van der Waals surface area (Å²) >= 11 is 3.33. The average molecular weight is 385 g/mol. The number of alkyl halides is 1. The number of Topliss-reactive ketones (excluding diaryl/α,β-unsaturated/α-hetero) is 1. The molecule has 0 N–H and O–H groups in total. The number of benzene rings is 1. The molecular weight excluding hydrogens is 356 g/mol. The zero-order valence-corrected chi connectivity index (χ0v) is 17.4. The van der Waals surface area contributed by atoms with E-state index in [1.165, 1.54) is 0 Å². The van der Waals surface area contributed by atoms with Crippen LogP contribution in [0.1, 0.15) is 58.8 Å². The molecule has 1 aromatic rings. The Morgan fingerprint density at radius 1 is 0.909 bits per heavy atom. The number of ketones is 1. The normalized spacial score (nSPS) is 13.8. The Balaban J connectivity index is 3.08. The van der Waals surface area contributed by atoms with Crippen molar-refractivity contribution in [1.29, 1.82) is 0 Å². The second kappa shape index (κ2) is 7.78. The predicted molar refractivity (Wildman–Crippen MR) is 101 cm³/mol. The van der Waals surface area contributed by atoms with Crippen molar-refractivity contribution in [2.24, 2.45) is 0 Å². The second-order valence-electron chi connectivity index (χ2n) is 6.92. The Morgan fingerprint density at radius 3 is 1.64 bits per heavy atom. The van der Waals surface area contributed by atoms with E-state index in [1.54, 1.807) is 0 Å². The summed E-state index contributed by atoms with van der Waals surface area (Å²) in [7, 11) is -1.93. The van der Waals surface area contributed by atoms with Crippen molar-refractivity contribution in [2.75, 3.05) is 0 Å². The quantitative estimate of drug-likeness (QED) is 0.317. The van der Waals surface area contributed by atoms with Crippen LogP contribution in [0.5, 0.6) is 5.75 Å². The topological polar surface area (TPSA) is 26.3 Å². The van der Waals surface area contributed by atoms with Crippen molar-refractivity contribution in [3.63, 3.8) is 0 Å². The molecule has 0 unspecified atom stereocenters. The van der Waals surface area contributed by atoms with Crippen molar-refractivity contribution in [1.82, 2.24) is 0 Å². The third-order valence-corrected chi connectivity index (χ3v) is 10.9. The van der Waals surface area contributed by atoms with Crippen LogP contribution < -0.4 is 4.43 Å². The van der Waals surface area contributed by atoms with Crippen molar-refractivity contribution in [3.8, 4) is 5.75 Å². The van der Waals surface area contributed by atoms with E-state index in [4.69, 9.17) is 4.43 Å². The van der Waals surface area contributed by atoms with E-state index in [2.05, 4.69) is 57.5 Å². The van der Waals surface area contributed by atoms with Gasteiger partial charge >= 0.3 is 0 Å². The fraction of sp³-hybridized carbons (Fsp3) is 0.611. The standard InChI is InChI=1S/C18H29BrO2Si/c1-12(2)22(13(3)4,14(5)6)21-17-10-8-16(9-11-17)18(20)15(7)19/h8-15H,1-7H3/t15-/m0/s1. The highest BCUT2D eigenvalue weighted by Gasteiger charge is 2.46. The lowest BCUT2D eigenvalue weighted by Crippen LogP contribution is -2.50. The van der Waals surface area contributed by atoms with Crippen molar-refractivity contribution in [3.05, 3.63) is 29.8 Å². The molecule has 0 saturated carbocycles. The number of hydrogen-bond donors (Lipinski definition) is 0. The van der Waals surface area contributed by atoms with Gasteiger partial charge in [0.2, 0.25) is 0 Å². The summed E-state index contributed by atoms with van der Waals surface area (Å²) in [6.45, 7) is 15.5. The zero-order chi connectivity index (χ0) is 17.1. The lowest BCUT2D eigenvalue weighted by molar-refractivity contribution is 0.0996. The van der Waals surface area contributed by atoms with Crippen LogP contribution in [0, 0.1) is 0 Å². The predicted octanol–water partition coefficient (Wildman–Crippen LogP) is 6.21. The van der Waals surface area contributed by atoms with Crippen LogP contribution in [0.15, 0.2) is 24.3 Å². The molecule has 0 aliphatic heterocycles. The van der Waals surface area contributed by atoms with Gasteiger partial charge in [-0.2, -0.15) is 0 Å². The fourth-order valence-electron chi connectivity index (χ4n) is 3.47. The molecule has 124 valence electrons. The Labute approximate surface area is 144 Å². The molecule has 4 heteroatoms. The number of carbonyl (C=O) groups is 1. The summed E-state index contributed by atoms with van der Waals surface area (Å²) in [6, 6.07) is 7.63. The Morgan fingerprint density at radius 2 is 1.32 bits per heavy atom. The summed E-state index contributed by atoms with van der Waals surface area (Å²) in [5.74, 6) is 0.994. The van der Waals surface area contributed by atoms with E-state index in [0.29, 0.717) is 16.6 Å². The molecule has 0 bridgehead atoms. The molecule has 1 aromatic carbocycles. The van der Waals surface area contributed by atoms with Gasteiger partial charge in [0, 0.05) is 5.56 Å². The minimum absolute atomic E-state index is 0.103. The van der Waals surface area contributed by atoms with Gasteiger partial charge < -0.3 is 4.43 Å². The summed E-state index contributed by atoms with van der Waals surface area (Å²) in [5.41, 5.74) is 2.34. The minimum Gasteiger partial charge on any atom is -0.543 e. The SMILES string of the molecule is CC(C)[Si](Oc1ccc(C(=O)[C@H](C)Br)cc1)(C(C)C)C(C)C. The van der Waals surface area contributed by atoms with Gasteiger partial charge in [0.05, 0.1) is 4.83 Å². The maximum atomic E-state index is 12.0. The molecule has 0 radical (unpaired) electrons. The van der Waals surface area contributed by atoms with Gasteiger partial charge in [-0.05, 0) is 47.8 Å². The first-order valence-electron chi connectivity index (χ1n) is 8.10. The van der Waals surface area contributed by atoms with E-state index in [-0.39, 0.29) is 10.6 Å². The van der Waals surface area contributed by atoms with Crippen LogP contribution in [0.3, 0.4) is 0 Å². The van der Waals surface area contributed by atoms with Crippen LogP contribution in [0.25, 0.3) is 0 Å². The molecule has 0 saturated heterocycles. The van der Waals surface area contributed by atoms with E-state index in [1.807, 2.05) is 31.2 Å². The molecule has 1 atom stereocenters. The van der Waals surface area contributed by atoms with E-state index >= 15 is 0 Å². The molecule has 0 aliphatic rings. The lowest BCUT2D eigenvalue weighted by atomic mass is 10.1. The van der Waals surface area contributed by atoms with Gasteiger partial charge in [-0.1, -0.05) is 57.5 Å². The molecular formula is C18H29BrO2Si. The number of hydrogen-bond acceptors (Lipinski definition) is 2. The molecule has 0 spiro atoms. The smallest absolute Gasteiger partial charge is 0.258 e. The average Bonchev–Trinajstić information content (AvgIpc) is 2.43. The maximum Gasteiger partial charge on any atom is 0.258 e. The highest BCUT2D eigenvalue weighted by molar-refractivity contribution is 9.10. The van der Waals surface area contributed by atoms with Gasteiger partial charge in [0.25, 0.3) is 8.32 Å². The minimum atomic E-state index is -1.93. The van der Waals surface area contributed by atoms with Crippen molar-refractivity contribution >= 4 is 30.0 Å².